The number of halogens is 4. The van der Waals surface area contributed by atoms with E-state index in [1.54, 1.807) is 53.7 Å². The zero-order valence-electron chi connectivity index (χ0n) is 28.4. The van der Waals surface area contributed by atoms with Crippen LogP contribution in [0.5, 0.6) is 0 Å². The Hall–Kier alpha value is -5.61. The Morgan fingerprint density at radius 1 is 1.06 bits per heavy atom. The van der Waals surface area contributed by atoms with Crippen LogP contribution in [0.2, 0.25) is 0 Å². The molecule has 2 N–H and O–H groups in total. The van der Waals surface area contributed by atoms with Gasteiger partial charge < -0.3 is 15.3 Å². The number of nitrogens with one attached hydrogen (secondary N) is 1. The van der Waals surface area contributed by atoms with E-state index in [-0.39, 0.29) is 36.9 Å². The molecule has 3 aromatic carbocycles. The van der Waals surface area contributed by atoms with Gasteiger partial charge in [-0.3, -0.25) is 23.4 Å². The Kier molecular flexibility index (Phi) is 9.50. The van der Waals surface area contributed by atoms with Crippen molar-refractivity contribution in [3.05, 3.63) is 128 Å². The van der Waals surface area contributed by atoms with Gasteiger partial charge in [-0.2, -0.15) is 18.3 Å². The molecule has 0 fully saturated rings. The van der Waals surface area contributed by atoms with Crippen LogP contribution in [-0.2, 0) is 26.2 Å². The van der Waals surface area contributed by atoms with Crippen molar-refractivity contribution in [1.82, 2.24) is 39.1 Å². The molecule has 0 saturated carbocycles. The molecule has 7 rings (SSSR count). The molecule has 6 aromatic rings. The maximum absolute atomic E-state index is 14.4. The summed E-state index contributed by atoms with van der Waals surface area (Å²) in [5, 5.41) is 17.1. The predicted molar refractivity (Wildman–Crippen MR) is 192 cm³/mol. The molecule has 2 atom stereocenters. The second-order valence-electron chi connectivity index (χ2n) is 12.8. The average Bonchev–Trinajstić information content (AvgIpc) is 3.67. The monoisotopic (exact) mass is 788 g/mol. The highest BCUT2D eigenvalue weighted by molar-refractivity contribution is 9.10. The minimum absolute atomic E-state index is 0.000589. The van der Waals surface area contributed by atoms with Crippen molar-refractivity contribution in [2.45, 2.75) is 58.3 Å². The van der Waals surface area contributed by atoms with Crippen molar-refractivity contribution >= 4 is 38.6 Å². The van der Waals surface area contributed by atoms with E-state index >= 15 is 0 Å². The molecule has 12 nitrogen and oxygen atoms in total. The standard InChI is InChI=1S/C37H32BrF3N8O4/c1-21-14-23(8-10-28(21)38)35(52)47-19-30-32(34(51)44-16-24-6-3-4-7-27(24)33-42-12-5-13-43-33)49(36(53)48(30)17-22(47)2)26-9-11-29-25(15-26)18-46(45-29)20-31(50)37(39,40)41/h3-15,18,22,31,50H,16-17,19-20H2,1-2H3,(H,44,51)/t22-,31-/m1/s1. The van der Waals surface area contributed by atoms with Crippen molar-refractivity contribution in [1.29, 1.82) is 0 Å². The number of benzene rings is 3. The zero-order chi connectivity index (χ0) is 37.6. The van der Waals surface area contributed by atoms with Gasteiger partial charge >= 0.3 is 11.9 Å². The lowest BCUT2D eigenvalue weighted by Crippen LogP contribution is -2.47. The largest absolute Gasteiger partial charge is 0.416 e. The number of rotatable bonds is 8. The van der Waals surface area contributed by atoms with Crippen LogP contribution < -0.4 is 11.0 Å². The van der Waals surface area contributed by atoms with Crippen LogP contribution in [0.15, 0.2) is 94.6 Å². The summed E-state index contributed by atoms with van der Waals surface area (Å²) in [6.07, 6.45) is -2.89. The normalized spacial score (nSPS) is 15.0. The van der Waals surface area contributed by atoms with Gasteiger partial charge in [-0.1, -0.05) is 40.2 Å². The second kappa shape index (κ2) is 14.1. The first-order valence-corrected chi connectivity index (χ1v) is 17.4. The number of aliphatic hydroxyl groups is 1. The highest BCUT2D eigenvalue weighted by Crippen LogP contribution is 2.28. The third kappa shape index (κ3) is 6.99. The lowest BCUT2D eigenvalue weighted by molar-refractivity contribution is -0.207. The first-order chi connectivity index (χ1) is 25.3. The minimum Gasteiger partial charge on any atom is -0.382 e. The van der Waals surface area contributed by atoms with E-state index in [9.17, 15) is 32.7 Å². The van der Waals surface area contributed by atoms with Crippen molar-refractivity contribution in [3.63, 3.8) is 0 Å². The van der Waals surface area contributed by atoms with Crippen LogP contribution in [0, 0.1) is 6.92 Å². The molecule has 16 heteroatoms. The lowest BCUT2D eigenvalue weighted by atomic mass is 10.1. The highest BCUT2D eigenvalue weighted by Gasteiger charge is 2.39. The molecule has 0 aliphatic carbocycles. The molecule has 1 aliphatic heterocycles. The van der Waals surface area contributed by atoms with E-state index in [1.165, 1.54) is 21.4 Å². The Morgan fingerprint density at radius 2 is 1.81 bits per heavy atom. The van der Waals surface area contributed by atoms with Crippen molar-refractivity contribution < 1.29 is 27.9 Å². The molecule has 3 aromatic heterocycles. The topological polar surface area (TPSA) is 140 Å². The average molecular weight is 790 g/mol. The van der Waals surface area contributed by atoms with E-state index in [2.05, 4.69) is 36.3 Å². The summed E-state index contributed by atoms with van der Waals surface area (Å²) >= 11 is 3.47. The van der Waals surface area contributed by atoms with E-state index in [0.29, 0.717) is 33.5 Å². The van der Waals surface area contributed by atoms with Gasteiger partial charge in [0.25, 0.3) is 11.8 Å². The number of aryl methyl sites for hydroxylation is 1. The van der Waals surface area contributed by atoms with Crippen LogP contribution >= 0.6 is 15.9 Å². The maximum Gasteiger partial charge on any atom is 0.416 e. The third-order valence-electron chi connectivity index (χ3n) is 9.22. The van der Waals surface area contributed by atoms with Gasteiger partial charge in [0.05, 0.1) is 30.0 Å². The van der Waals surface area contributed by atoms with Gasteiger partial charge in [-0.15, -0.1) is 0 Å². The van der Waals surface area contributed by atoms with Crippen molar-refractivity contribution in [2.75, 3.05) is 0 Å². The number of fused-ring (bicyclic) bond motifs is 2. The smallest absolute Gasteiger partial charge is 0.382 e. The summed E-state index contributed by atoms with van der Waals surface area (Å²) in [5.74, 6) is -0.388. The first kappa shape index (κ1) is 35.8. The molecule has 0 saturated heterocycles. The molecule has 0 unspecified atom stereocenters. The summed E-state index contributed by atoms with van der Waals surface area (Å²) in [4.78, 5) is 52.8. The lowest BCUT2D eigenvalue weighted by Gasteiger charge is -2.34. The second-order valence-corrected chi connectivity index (χ2v) is 13.7. The third-order valence-corrected chi connectivity index (χ3v) is 10.1. The molecule has 0 spiro atoms. The fraction of sp³-hybridized carbons (Fsp3) is 0.243. The fourth-order valence-corrected chi connectivity index (χ4v) is 6.72. The number of imidazole rings is 1. The van der Waals surface area contributed by atoms with Crippen LogP contribution in [0.3, 0.4) is 0 Å². The van der Waals surface area contributed by atoms with Crippen LogP contribution in [0.1, 0.15) is 44.6 Å². The number of carbonyl (C=O) groups excluding carboxylic acids is 2. The first-order valence-electron chi connectivity index (χ1n) is 16.6. The van der Waals surface area contributed by atoms with Crippen LogP contribution in [-0.4, -0.2) is 69.0 Å². The number of alkyl halides is 3. The quantitative estimate of drug-likeness (QED) is 0.210. The van der Waals surface area contributed by atoms with Gasteiger partial charge in [-0.05, 0) is 67.4 Å². The molecule has 1 aliphatic rings. The summed E-state index contributed by atoms with van der Waals surface area (Å²) < 4.78 is 43.8. The number of carbonyl (C=O) groups is 2. The van der Waals surface area contributed by atoms with Gasteiger partial charge in [-0.25, -0.2) is 14.8 Å². The fourth-order valence-electron chi connectivity index (χ4n) is 6.47. The van der Waals surface area contributed by atoms with Gasteiger partial charge in [0.15, 0.2) is 11.9 Å². The Labute approximate surface area is 308 Å². The summed E-state index contributed by atoms with van der Waals surface area (Å²) in [7, 11) is 0. The molecular formula is C37H32BrF3N8O4. The molecule has 53 heavy (non-hydrogen) atoms. The molecule has 2 amide bonds. The predicted octanol–water partition coefficient (Wildman–Crippen LogP) is 5.41. The van der Waals surface area contributed by atoms with Gasteiger partial charge in [0.1, 0.15) is 5.69 Å². The number of amides is 2. The highest BCUT2D eigenvalue weighted by atomic mass is 79.9. The number of hydrogen-bond donors (Lipinski definition) is 2. The Bertz CT molecular complexity index is 2420. The van der Waals surface area contributed by atoms with Crippen LogP contribution in [0.4, 0.5) is 13.2 Å². The molecule has 0 radical (unpaired) electrons. The Morgan fingerprint density at radius 3 is 2.55 bits per heavy atom. The van der Waals surface area contributed by atoms with E-state index in [0.717, 1.165) is 20.3 Å². The molecule has 272 valence electrons. The minimum atomic E-state index is -4.83. The summed E-state index contributed by atoms with van der Waals surface area (Å²) in [6.45, 7) is 2.99. The SMILES string of the molecule is Cc1cc(C(=O)N2Cc3c(C(=O)NCc4ccccc4-c4ncccn4)n(-c4ccc5nn(C[C@@H](O)C(F)(F)F)cc5c4)c(=O)n3C[C@H]2C)ccc1Br. The number of nitrogens with zero attached hydrogens (tertiary/aromatic N) is 7. The Balaban J connectivity index is 1.29. The summed E-state index contributed by atoms with van der Waals surface area (Å²) in [5.41, 5.74) is 3.13. The van der Waals surface area contributed by atoms with Crippen LogP contribution in [0.25, 0.3) is 28.0 Å². The molecule has 0 bridgehead atoms. The van der Waals surface area contributed by atoms with E-state index in [1.807, 2.05) is 38.1 Å². The van der Waals surface area contributed by atoms with E-state index < -0.39 is 36.5 Å². The maximum atomic E-state index is 14.4. The van der Waals surface area contributed by atoms with Gasteiger partial charge in [0.2, 0.25) is 0 Å². The molecule has 4 heterocycles. The van der Waals surface area contributed by atoms with Crippen molar-refractivity contribution in [3.8, 4) is 17.1 Å². The molecular weight excluding hydrogens is 757 g/mol. The number of aliphatic hydroxyl groups excluding tert-OH is 1. The van der Waals surface area contributed by atoms with Gasteiger partial charge in [0, 0.05) is 58.7 Å². The van der Waals surface area contributed by atoms with Crippen molar-refractivity contribution in [2.24, 2.45) is 0 Å². The number of hydrogen-bond acceptors (Lipinski definition) is 7. The summed E-state index contributed by atoms with van der Waals surface area (Å²) in [6, 6.07) is 18.5. The van der Waals surface area contributed by atoms with E-state index in [4.69, 9.17) is 0 Å². The number of aromatic nitrogens is 6. The zero-order valence-corrected chi connectivity index (χ0v) is 30.0.